The number of nitrogens with one attached hydrogen (secondary N) is 2. The lowest BCUT2D eigenvalue weighted by atomic mass is 10.1. The molecule has 0 atom stereocenters. The first kappa shape index (κ1) is 26.5. The van der Waals surface area contributed by atoms with E-state index < -0.39 is 0 Å². The summed E-state index contributed by atoms with van der Waals surface area (Å²) in [6.07, 6.45) is 1.52. The SMILES string of the molecule is CCOc1cc(/C=N/NC(=O)c2ccc(C)cc2)cc(I)c1OCC(=O)Nc1ccc(C)c(Cl)c1. The van der Waals surface area contributed by atoms with Gasteiger partial charge in [0.25, 0.3) is 11.8 Å². The molecule has 0 aliphatic heterocycles. The Hall–Kier alpha value is -3.11. The number of carbonyl (C=O) groups excluding carboxylic acids is 2. The van der Waals surface area contributed by atoms with Gasteiger partial charge in [-0.1, -0.05) is 35.4 Å². The topological polar surface area (TPSA) is 89.0 Å². The Labute approximate surface area is 223 Å². The number of nitrogens with zero attached hydrogens (tertiary/aromatic N) is 1. The van der Waals surface area contributed by atoms with E-state index >= 15 is 0 Å². The van der Waals surface area contributed by atoms with Gasteiger partial charge in [0.15, 0.2) is 18.1 Å². The van der Waals surface area contributed by atoms with Crippen LogP contribution in [0.5, 0.6) is 11.5 Å². The third-order valence-corrected chi connectivity index (χ3v) is 6.04. The van der Waals surface area contributed by atoms with Crippen molar-refractivity contribution in [2.75, 3.05) is 18.5 Å². The van der Waals surface area contributed by atoms with Crippen molar-refractivity contribution < 1.29 is 19.1 Å². The average Bonchev–Trinajstić information content (AvgIpc) is 2.81. The van der Waals surface area contributed by atoms with Crippen LogP contribution in [0.2, 0.25) is 5.02 Å². The number of hydrazone groups is 1. The highest BCUT2D eigenvalue weighted by atomic mass is 127. The number of hydrogen-bond donors (Lipinski definition) is 2. The molecule has 0 saturated carbocycles. The predicted octanol–water partition coefficient (Wildman–Crippen LogP) is 5.74. The highest BCUT2D eigenvalue weighted by Crippen LogP contribution is 2.34. The van der Waals surface area contributed by atoms with Crippen molar-refractivity contribution in [3.8, 4) is 11.5 Å². The summed E-state index contributed by atoms with van der Waals surface area (Å²) < 4.78 is 12.2. The molecule has 0 aromatic heterocycles. The molecule has 0 fully saturated rings. The van der Waals surface area contributed by atoms with E-state index in [1.165, 1.54) is 6.21 Å². The maximum Gasteiger partial charge on any atom is 0.271 e. The molecular formula is C26H25ClIN3O4. The largest absolute Gasteiger partial charge is 0.490 e. The van der Waals surface area contributed by atoms with Gasteiger partial charge in [-0.25, -0.2) is 5.43 Å². The Morgan fingerprint density at radius 3 is 2.49 bits per heavy atom. The van der Waals surface area contributed by atoms with Gasteiger partial charge < -0.3 is 14.8 Å². The van der Waals surface area contributed by atoms with Gasteiger partial charge in [-0.2, -0.15) is 5.10 Å². The van der Waals surface area contributed by atoms with Crippen LogP contribution in [0.4, 0.5) is 5.69 Å². The van der Waals surface area contributed by atoms with Gasteiger partial charge >= 0.3 is 0 Å². The van der Waals surface area contributed by atoms with Crippen molar-refractivity contribution in [2.45, 2.75) is 20.8 Å². The standard InChI is InChI=1S/C26H25ClIN3O4/c1-4-34-23-12-18(14-29-31-26(33)19-8-5-16(2)6-9-19)11-22(28)25(23)35-15-24(32)30-20-10-7-17(3)21(27)13-20/h5-14H,4,15H2,1-3H3,(H,30,32)(H,31,33)/b29-14+. The Bertz CT molecular complexity index is 1250. The molecule has 35 heavy (non-hydrogen) atoms. The minimum absolute atomic E-state index is 0.207. The van der Waals surface area contributed by atoms with Crippen molar-refractivity contribution >= 4 is 57.9 Å². The number of hydrogen-bond acceptors (Lipinski definition) is 5. The van der Waals surface area contributed by atoms with E-state index in [-0.39, 0.29) is 18.4 Å². The van der Waals surface area contributed by atoms with Crippen molar-refractivity contribution in [3.05, 3.63) is 85.4 Å². The lowest BCUT2D eigenvalue weighted by Crippen LogP contribution is -2.20. The molecule has 0 radical (unpaired) electrons. The zero-order chi connectivity index (χ0) is 25.4. The fourth-order valence-corrected chi connectivity index (χ4v) is 3.97. The fourth-order valence-electron chi connectivity index (χ4n) is 3.01. The van der Waals surface area contributed by atoms with Gasteiger partial charge in [-0.3, -0.25) is 9.59 Å². The van der Waals surface area contributed by atoms with Gasteiger partial charge in [0, 0.05) is 16.3 Å². The van der Waals surface area contributed by atoms with Crippen LogP contribution in [0.3, 0.4) is 0 Å². The second kappa shape index (κ2) is 12.6. The van der Waals surface area contributed by atoms with E-state index in [4.69, 9.17) is 21.1 Å². The molecule has 0 bridgehead atoms. The maximum absolute atomic E-state index is 12.4. The number of benzene rings is 3. The summed E-state index contributed by atoms with van der Waals surface area (Å²) >= 11 is 8.22. The molecule has 182 valence electrons. The Balaban J connectivity index is 1.65. The summed E-state index contributed by atoms with van der Waals surface area (Å²) in [5.74, 6) is 0.289. The lowest BCUT2D eigenvalue weighted by molar-refractivity contribution is -0.118. The second-order valence-corrected chi connectivity index (χ2v) is 9.20. The minimum Gasteiger partial charge on any atom is -0.490 e. The van der Waals surface area contributed by atoms with Crippen LogP contribution in [0, 0.1) is 17.4 Å². The molecular weight excluding hydrogens is 581 g/mol. The molecule has 0 aliphatic rings. The molecule has 0 aliphatic carbocycles. The van der Waals surface area contributed by atoms with Gasteiger partial charge in [0.2, 0.25) is 0 Å². The Morgan fingerprint density at radius 2 is 1.80 bits per heavy atom. The molecule has 3 rings (SSSR count). The van der Waals surface area contributed by atoms with E-state index in [2.05, 4.69) is 38.4 Å². The predicted molar refractivity (Wildman–Crippen MR) is 147 cm³/mol. The molecule has 3 aromatic carbocycles. The summed E-state index contributed by atoms with van der Waals surface area (Å²) in [6, 6.07) is 16.1. The molecule has 0 saturated heterocycles. The van der Waals surface area contributed by atoms with Crippen LogP contribution in [0.25, 0.3) is 0 Å². The van der Waals surface area contributed by atoms with Crippen LogP contribution in [-0.2, 0) is 4.79 Å². The minimum atomic E-state index is -0.326. The normalized spacial score (nSPS) is 10.8. The van der Waals surface area contributed by atoms with Crippen LogP contribution >= 0.6 is 34.2 Å². The van der Waals surface area contributed by atoms with Crippen LogP contribution in [-0.4, -0.2) is 31.2 Å². The summed E-state index contributed by atoms with van der Waals surface area (Å²) in [5, 5.41) is 7.39. The smallest absolute Gasteiger partial charge is 0.271 e. The van der Waals surface area contributed by atoms with Gasteiger partial charge in [-0.15, -0.1) is 0 Å². The fraction of sp³-hybridized carbons (Fsp3) is 0.192. The van der Waals surface area contributed by atoms with Gasteiger partial charge in [0.05, 0.1) is 16.4 Å². The number of rotatable bonds is 9. The number of aryl methyl sites for hydroxylation is 2. The van der Waals surface area contributed by atoms with E-state index in [9.17, 15) is 9.59 Å². The Morgan fingerprint density at radius 1 is 1.06 bits per heavy atom. The maximum atomic E-state index is 12.4. The molecule has 2 amide bonds. The molecule has 7 nitrogen and oxygen atoms in total. The number of amides is 2. The summed E-state index contributed by atoms with van der Waals surface area (Å²) in [6.45, 7) is 5.90. The summed E-state index contributed by atoms with van der Waals surface area (Å²) in [5.41, 5.74) is 6.33. The van der Waals surface area contributed by atoms with E-state index in [1.807, 2.05) is 45.0 Å². The van der Waals surface area contributed by atoms with Crippen LogP contribution in [0.15, 0.2) is 59.7 Å². The zero-order valence-electron chi connectivity index (χ0n) is 19.5. The highest BCUT2D eigenvalue weighted by Gasteiger charge is 2.14. The number of ether oxygens (including phenoxy) is 2. The second-order valence-electron chi connectivity index (χ2n) is 7.63. The highest BCUT2D eigenvalue weighted by molar-refractivity contribution is 14.1. The lowest BCUT2D eigenvalue weighted by Gasteiger charge is -2.15. The first-order valence-electron chi connectivity index (χ1n) is 10.8. The molecule has 0 heterocycles. The number of anilines is 1. The van der Waals surface area contributed by atoms with Gasteiger partial charge in [0.1, 0.15) is 0 Å². The molecule has 3 aromatic rings. The monoisotopic (exact) mass is 605 g/mol. The average molecular weight is 606 g/mol. The summed E-state index contributed by atoms with van der Waals surface area (Å²) in [4.78, 5) is 24.6. The van der Waals surface area contributed by atoms with Crippen LogP contribution in [0.1, 0.15) is 34.0 Å². The third kappa shape index (κ3) is 7.69. The zero-order valence-corrected chi connectivity index (χ0v) is 22.4. The number of halogens is 2. The van der Waals surface area contributed by atoms with Crippen molar-refractivity contribution in [2.24, 2.45) is 5.10 Å². The number of carbonyl (C=O) groups is 2. The van der Waals surface area contributed by atoms with Crippen molar-refractivity contribution in [3.63, 3.8) is 0 Å². The van der Waals surface area contributed by atoms with E-state index in [0.29, 0.717) is 39.9 Å². The van der Waals surface area contributed by atoms with E-state index in [1.54, 1.807) is 30.3 Å². The molecule has 2 N–H and O–H groups in total. The van der Waals surface area contributed by atoms with Gasteiger partial charge in [-0.05, 0) is 90.9 Å². The van der Waals surface area contributed by atoms with Crippen molar-refractivity contribution in [1.82, 2.24) is 5.43 Å². The first-order valence-corrected chi connectivity index (χ1v) is 12.3. The molecule has 0 unspecified atom stereocenters. The third-order valence-electron chi connectivity index (χ3n) is 4.83. The summed E-state index contributed by atoms with van der Waals surface area (Å²) in [7, 11) is 0. The molecule has 9 heteroatoms. The Kier molecular flexibility index (Phi) is 9.50. The van der Waals surface area contributed by atoms with Crippen LogP contribution < -0.4 is 20.2 Å². The van der Waals surface area contributed by atoms with Crippen molar-refractivity contribution in [1.29, 1.82) is 0 Å². The quantitative estimate of drug-likeness (QED) is 0.185. The van der Waals surface area contributed by atoms with E-state index in [0.717, 1.165) is 14.7 Å². The molecule has 0 spiro atoms. The first-order chi connectivity index (χ1) is 16.8.